The van der Waals surface area contributed by atoms with E-state index in [1.54, 1.807) is 37.3 Å². The van der Waals surface area contributed by atoms with Crippen LogP contribution >= 0.6 is 23.2 Å². The summed E-state index contributed by atoms with van der Waals surface area (Å²) in [4.78, 5) is 12.0. The van der Waals surface area contributed by atoms with E-state index >= 15 is 0 Å². The number of benzene rings is 2. The number of halogens is 2. The first-order chi connectivity index (χ1) is 8.99. The number of hydrogen-bond donors (Lipinski definition) is 2. The van der Waals surface area contributed by atoms with Gasteiger partial charge in [0.25, 0.3) is 5.91 Å². The van der Waals surface area contributed by atoms with Gasteiger partial charge in [-0.1, -0.05) is 35.3 Å². The summed E-state index contributed by atoms with van der Waals surface area (Å²) in [6.07, 6.45) is 0. The molecule has 0 spiro atoms. The van der Waals surface area contributed by atoms with Crippen molar-refractivity contribution in [2.24, 2.45) is 0 Å². The molecule has 0 aromatic heterocycles. The molecule has 0 radical (unpaired) electrons. The fourth-order valence-corrected chi connectivity index (χ4v) is 1.89. The monoisotopic (exact) mass is 295 g/mol. The normalized spacial score (nSPS) is 10.3. The van der Waals surface area contributed by atoms with Gasteiger partial charge in [-0.05, 0) is 36.8 Å². The van der Waals surface area contributed by atoms with Crippen LogP contribution in [0.5, 0.6) is 5.75 Å². The molecule has 1 amide bonds. The highest BCUT2D eigenvalue weighted by molar-refractivity contribution is 6.44. The fourth-order valence-electron chi connectivity index (χ4n) is 1.55. The average Bonchev–Trinajstić information content (AvgIpc) is 2.38. The number of anilines is 1. The van der Waals surface area contributed by atoms with Crippen LogP contribution in [-0.2, 0) is 0 Å². The van der Waals surface area contributed by atoms with E-state index in [-0.39, 0.29) is 16.7 Å². The molecule has 0 heterocycles. The first-order valence-electron chi connectivity index (χ1n) is 5.54. The second-order valence-corrected chi connectivity index (χ2v) is 4.84. The van der Waals surface area contributed by atoms with Gasteiger partial charge in [0.05, 0.1) is 15.7 Å². The van der Waals surface area contributed by atoms with Crippen LogP contribution in [0.1, 0.15) is 15.9 Å². The highest BCUT2D eigenvalue weighted by atomic mass is 35.5. The van der Waals surface area contributed by atoms with Crippen LogP contribution in [0, 0.1) is 6.92 Å². The lowest BCUT2D eigenvalue weighted by molar-refractivity contribution is 0.102. The van der Waals surface area contributed by atoms with Gasteiger partial charge in [0.1, 0.15) is 5.75 Å². The molecule has 2 aromatic rings. The Bertz CT molecular complexity index is 641. The maximum absolute atomic E-state index is 12.0. The molecular formula is C14H11Cl2NO2. The van der Waals surface area contributed by atoms with E-state index in [0.29, 0.717) is 21.8 Å². The number of aromatic hydroxyl groups is 1. The van der Waals surface area contributed by atoms with Crippen molar-refractivity contribution < 1.29 is 9.90 Å². The lowest BCUT2D eigenvalue weighted by atomic mass is 10.1. The molecule has 0 fully saturated rings. The molecule has 0 bridgehead atoms. The Labute approximate surface area is 120 Å². The second-order valence-electron chi connectivity index (χ2n) is 4.06. The van der Waals surface area contributed by atoms with E-state index in [1.165, 1.54) is 6.07 Å². The van der Waals surface area contributed by atoms with Gasteiger partial charge in [0.2, 0.25) is 0 Å². The van der Waals surface area contributed by atoms with Gasteiger partial charge >= 0.3 is 0 Å². The molecule has 3 nitrogen and oxygen atoms in total. The van der Waals surface area contributed by atoms with E-state index < -0.39 is 0 Å². The van der Waals surface area contributed by atoms with Gasteiger partial charge in [0.15, 0.2) is 0 Å². The summed E-state index contributed by atoms with van der Waals surface area (Å²) in [5.74, 6) is -0.288. The van der Waals surface area contributed by atoms with Gasteiger partial charge in [-0.15, -0.1) is 0 Å². The highest BCUT2D eigenvalue weighted by Crippen LogP contribution is 2.30. The smallest absolute Gasteiger partial charge is 0.255 e. The summed E-state index contributed by atoms with van der Waals surface area (Å²) in [5.41, 5.74) is 1.48. The number of aryl methyl sites for hydroxylation is 1. The van der Waals surface area contributed by atoms with E-state index in [4.69, 9.17) is 23.2 Å². The van der Waals surface area contributed by atoms with Crippen LogP contribution in [0.4, 0.5) is 5.69 Å². The summed E-state index contributed by atoms with van der Waals surface area (Å²) in [5, 5.41) is 12.9. The third kappa shape index (κ3) is 3.00. The van der Waals surface area contributed by atoms with Crippen molar-refractivity contribution in [1.29, 1.82) is 0 Å². The number of hydrogen-bond acceptors (Lipinski definition) is 2. The molecule has 0 aliphatic heterocycles. The molecule has 2 aromatic carbocycles. The zero-order valence-corrected chi connectivity index (χ0v) is 11.6. The molecule has 0 saturated carbocycles. The lowest BCUT2D eigenvalue weighted by Crippen LogP contribution is -2.12. The molecule has 0 aliphatic carbocycles. The summed E-state index contributed by atoms with van der Waals surface area (Å²) in [6, 6.07) is 9.68. The first-order valence-corrected chi connectivity index (χ1v) is 6.29. The topological polar surface area (TPSA) is 49.3 Å². The molecule has 19 heavy (non-hydrogen) atoms. The molecule has 2 rings (SSSR count). The van der Waals surface area contributed by atoms with Crippen LogP contribution in [0.25, 0.3) is 0 Å². The van der Waals surface area contributed by atoms with Gasteiger partial charge in [-0.3, -0.25) is 4.79 Å². The number of phenolic OH excluding ortho intramolecular Hbond substituents is 1. The fraction of sp³-hybridized carbons (Fsp3) is 0.0714. The Morgan fingerprint density at radius 2 is 1.95 bits per heavy atom. The van der Waals surface area contributed by atoms with Crippen molar-refractivity contribution >= 4 is 34.8 Å². The number of phenols is 1. The van der Waals surface area contributed by atoms with E-state index in [9.17, 15) is 9.90 Å². The SMILES string of the molecule is Cc1ccc(C(=O)Nc2cccc(Cl)c2Cl)cc1O. The van der Waals surface area contributed by atoms with Gasteiger partial charge in [-0.25, -0.2) is 0 Å². The van der Waals surface area contributed by atoms with E-state index in [2.05, 4.69) is 5.32 Å². The van der Waals surface area contributed by atoms with Crippen LogP contribution in [-0.4, -0.2) is 11.0 Å². The number of rotatable bonds is 2. The molecule has 0 aliphatic rings. The third-order valence-electron chi connectivity index (χ3n) is 2.67. The van der Waals surface area contributed by atoms with Crippen molar-refractivity contribution in [3.05, 3.63) is 57.6 Å². The molecule has 0 saturated heterocycles. The number of amides is 1. The average molecular weight is 296 g/mol. The number of carbonyl (C=O) groups excluding carboxylic acids is 1. The zero-order valence-electron chi connectivity index (χ0n) is 10.1. The Morgan fingerprint density at radius 3 is 2.63 bits per heavy atom. The molecule has 98 valence electrons. The standard InChI is InChI=1S/C14H11Cl2NO2/c1-8-5-6-9(7-12(8)18)14(19)17-11-4-2-3-10(15)13(11)16/h2-7,18H,1H3,(H,17,19). The largest absolute Gasteiger partial charge is 0.508 e. The van der Waals surface area contributed by atoms with Gasteiger partial charge in [-0.2, -0.15) is 0 Å². The summed E-state index contributed by atoms with van der Waals surface area (Å²) >= 11 is 11.9. The Hall–Kier alpha value is -1.71. The minimum Gasteiger partial charge on any atom is -0.508 e. The summed E-state index contributed by atoms with van der Waals surface area (Å²) < 4.78 is 0. The van der Waals surface area contributed by atoms with Crippen LogP contribution in [0.2, 0.25) is 10.0 Å². The minimum atomic E-state index is -0.362. The summed E-state index contributed by atoms with van der Waals surface area (Å²) in [6.45, 7) is 1.75. The first kappa shape index (κ1) is 13.7. The minimum absolute atomic E-state index is 0.0739. The maximum atomic E-state index is 12.0. The molecular weight excluding hydrogens is 285 g/mol. The molecule has 2 N–H and O–H groups in total. The zero-order chi connectivity index (χ0) is 14.0. The quantitative estimate of drug-likeness (QED) is 0.870. The van der Waals surface area contributed by atoms with E-state index in [1.807, 2.05) is 0 Å². The Morgan fingerprint density at radius 1 is 1.21 bits per heavy atom. The van der Waals surface area contributed by atoms with Crippen LogP contribution in [0.15, 0.2) is 36.4 Å². The van der Waals surface area contributed by atoms with Crippen LogP contribution < -0.4 is 5.32 Å². The number of carbonyl (C=O) groups is 1. The Balaban J connectivity index is 2.26. The molecule has 0 atom stereocenters. The predicted octanol–water partition coefficient (Wildman–Crippen LogP) is 4.26. The van der Waals surface area contributed by atoms with E-state index in [0.717, 1.165) is 0 Å². The molecule has 0 unspecified atom stereocenters. The predicted molar refractivity (Wildman–Crippen MR) is 77.3 cm³/mol. The third-order valence-corrected chi connectivity index (χ3v) is 3.49. The van der Waals surface area contributed by atoms with Gasteiger partial charge < -0.3 is 10.4 Å². The Kier molecular flexibility index (Phi) is 3.98. The second kappa shape index (κ2) is 5.51. The number of nitrogens with one attached hydrogen (secondary N) is 1. The van der Waals surface area contributed by atoms with Crippen molar-refractivity contribution in [2.75, 3.05) is 5.32 Å². The van der Waals surface area contributed by atoms with Crippen molar-refractivity contribution in [3.8, 4) is 5.75 Å². The van der Waals surface area contributed by atoms with Gasteiger partial charge in [0, 0.05) is 5.56 Å². The van der Waals surface area contributed by atoms with Crippen molar-refractivity contribution in [3.63, 3.8) is 0 Å². The van der Waals surface area contributed by atoms with Crippen molar-refractivity contribution in [2.45, 2.75) is 6.92 Å². The maximum Gasteiger partial charge on any atom is 0.255 e. The summed E-state index contributed by atoms with van der Waals surface area (Å²) in [7, 11) is 0. The van der Waals surface area contributed by atoms with Crippen molar-refractivity contribution in [1.82, 2.24) is 0 Å². The van der Waals surface area contributed by atoms with Crippen LogP contribution in [0.3, 0.4) is 0 Å². The highest BCUT2D eigenvalue weighted by Gasteiger charge is 2.11. The lowest BCUT2D eigenvalue weighted by Gasteiger charge is -2.09. The molecule has 5 heteroatoms.